The highest BCUT2D eigenvalue weighted by molar-refractivity contribution is 5.92. The van der Waals surface area contributed by atoms with Crippen molar-refractivity contribution in [3.8, 4) is 0 Å². The van der Waals surface area contributed by atoms with Crippen LogP contribution < -0.4 is 5.32 Å². The number of amides is 1. The van der Waals surface area contributed by atoms with Gasteiger partial charge in [0, 0.05) is 25.2 Å². The van der Waals surface area contributed by atoms with Gasteiger partial charge in [-0.2, -0.15) is 5.10 Å². The van der Waals surface area contributed by atoms with Crippen molar-refractivity contribution >= 4 is 17.2 Å². The van der Waals surface area contributed by atoms with E-state index < -0.39 is 0 Å². The van der Waals surface area contributed by atoms with E-state index in [-0.39, 0.29) is 11.8 Å². The topological polar surface area (TPSA) is 68.5 Å². The maximum Gasteiger partial charge on any atom is 0.227 e. The molecule has 0 spiro atoms. The van der Waals surface area contributed by atoms with Gasteiger partial charge in [0.25, 0.3) is 0 Å². The molecule has 0 bridgehead atoms. The van der Waals surface area contributed by atoms with Crippen molar-refractivity contribution in [3.05, 3.63) is 24.7 Å². The number of carbonyl (C=O) groups excluding carboxylic acids is 1. The highest BCUT2D eigenvalue weighted by atomic mass is 16.5. The second-order valence-corrected chi connectivity index (χ2v) is 4.35. The lowest BCUT2D eigenvalue weighted by Gasteiger charge is -2.21. The quantitative estimate of drug-likeness (QED) is 0.861. The van der Waals surface area contributed by atoms with Crippen LogP contribution in [0, 0.1) is 5.92 Å². The number of hydrogen-bond acceptors (Lipinski definition) is 4. The maximum atomic E-state index is 12.0. The molecule has 94 valence electrons. The molecule has 2 aromatic heterocycles. The van der Waals surface area contributed by atoms with Crippen LogP contribution in [0.3, 0.4) is 0 Å². The van der Waals surface area contributed by atoms with E-state index in [1.807, 2.05) is 6.07 Å². The molecule has 6 heteroatoms. The minimum atomic E-state index is 0.0339. The maximum absolute atomic E-state index is 12.0. The molecule has 0 saturated carbocycles. The van der Waals surface area contributed by atoms with Crippen LogP contribution in [0.25, 0.3) is 5.65 Å². The number of aromatic nitrogens is 3. The summed E-state index contributed by atoms with van der Waals surface area (Å²) in [5.74, 6) is 0.0682. The van der Waals surface area contributed by atoms with Crippen molar-refractivity contribution in [3.63, 3.8) is 0 Å². The van der Waals surface area contributed by atoms with Gasteiger partial charge in [0.05, 0.1) is 24.3 Å². The van der Waals surface area contributed by atoms with Crippen LogP contribution in [0.4, 0.5) is 5.69 Å². The van der Waals surface area contributed by atoms with E-state index in [1.165, 1.54) is 0 Å². The van der Waals surface area contributed by atoms with Gasteiger partial charge in [0.2, 0.25) is 5.91 Å². The predicted octanol–water partition coefficient (Wildman–Crippen LogP) is 1.09. The lowest BCUT2D eigenvalue weighted by Crippen LogP contribution is -2.28. The van der Waals surface area contributed by atoms with Crippen molar-refractivity contribution in [2.24, 2.45) is 5.92 Å². The molecule has 0 atom stereocenters. The Balaban J connectivity index is 1.72. The van der Waals surface area contributed by atoms with E-state index in [0.717, 1.165) is 18.5 Å². The largest absolute Gasteiger partial charge is 0.381 e. The summed E-state index contributed by atoms with van der Waals surface area (Å²) in [6.45, 7) is 1.32. The summed E-state index contributed by atoms with van der Waals surface area (Å²) in [5.41, 5.74) is 1.43. The first-order valence-corrected chi connectivity index (χ1v) is 6.01. The van der Waals surface area contributed by atoms with Gasteiger partial charge in [-0.05, 0) is 12.8 Å². The molecule has 0 radical (unpaired) electrons. The first kappa shape index (κ1) is 11.2. The summed E-state index contributed by atoms with van der Waals surface area (Å²) in [6.07, 6.45) is 6.65. The molecule has 18 heavy (non-hydrogen) atoms. The minimum absolute atomic E-state index is 0.0339. The Morgan fingerprint density at radius 1 is 1.44 bits per heavy atom. The normalized spacial score (nSPS) is 16.9. The van der Waals surface area contributed by atoms with Gasteiger partial charge in [0.1, 0.15) is 0 Å². The summed E-state index contributed by atoms with van der Waals surface area (Å²) < 4.78 is 6.88. The van der Waals surface area contributed by atoms with E-state index in [4.69, 9.17) is 4.74 Å². The monoisotopic (exact) mass is 246 g/mol. The van der Waals surface area contributed by atoms with Gasteiger partial charge in [-0.25, -0.2) is 9.50 Å². The van der Waals surface area contributed by atoms with E-state index in [1.54, 1.807) is 23.1 Å². The number of hydrogen-bond donors (Lipinski definition) is 1. The molecule has 0 aliphatic carbocycles. The Bertz CT molecular complexity index is 560. The number of ether oxygens (including phenoxy) is 1. The lowest BCUT2D eigenvalue weighted by atomic mass is 9.99. The zero-order valence-corrected chi connectivity index (χ0v) is 9.87. The van der Waals surface area contributed by atoms with Crippen molar-refractivity contribution in [2.45, 2.75) is 12.8 Å². The number of anilines is 1. The molecule has 1 aliphatic heterocycles. The standard InChI is InChI=1S/C12H14N4O2/c17-12(9-2-5-18-6-3-9)15-10-7-13-11-1-4-14-16(11)8-10/h1,4,7-9H,2-3,5-6H2,(H,15,17). The molecule has 1 aliphatic rings. The van der Waals surface area contributed by atoms with Crippen LogP contribution in [-0.2, 0) is 9.53 Å². The smallest absolute Gasteiger partial charge is 0.227 e. The van der Waals surface area contributed by atoms with Crippen molar-refractivity contribution in [1.29, 1.82) is 0 Å². The molecular formula is C12H14N4O2. The van der Waals surface area contributed by atoms with Gasteiger partial charge < -0.3 is 10.1 Å². The molecule has 6 nitrogen and oxygen atoms in total. The number of nitrogens with one attached hydrogen (secondary N) is 1. The first-order valence-electron chi connectivity index (χ1n) is 6.01. The van der Waals surface area contributed by atoms with E-state index in [2.05, 4.69) is 15.4 Å². The summed E-state index contributed by atoms with van der Waals surface area (Å²) in [7, 11) is 0. The van der Waals surface area contributed by atoms with Crippen LogP contribution in [0.2, 0.25) is 0 Å². The van der Waals surface area contributed by atoms with Crippen LogP contribution in [0.5, 0.6) is 0 Å². The molecular weight excluding hydrogens is 232 g/mol. The molecule has 2 aromatic rings. The van der Waals surface area contributed by atoms with Gasteiger partial charge in [-0.3, -0.25) is 4.79 Å². The summed E-state index contributed by atoms with van der Waals surface area (Å²) in [4.78, 5) is 16.2. The van der Waals surface area contributed by atoms with Crippen LogP contribution in [-0.4, -0.2) is 33.7 Å². The predicted molar refractivity (Wildman–Crippen MR) is 65.2 cm³/mol. The fourth-order valence-electron chi connectivity index (χ4n) is 2.08. The molecule has 1 fully saturated rings. The first-order chi connectivity index (χ1) is 8.83. The van der Waals surface area contributed by atoms with Gasteiger partial charge >= 0.3 is 0 Å². The fourth-order valence-corrected chi connectivity index (χ4v) is 2.08. The molecule has 1 saturated heterocycles. The van der Waals surface area contributed by atoms with Crippen molar-refractivity contribution < 1.29 is 9.53 Å². The van der Waals surface area contributed by atoms with Gasteiger partial charge in [-0.1, -0.05) is 0 Å². The average Bonchev–Trinajstić information content (AvgIpc) is 2.87. The van der Waals surface area contributed by atoms with E-state index in [0.29, 0.717) is 18.9 Å². The Labute approximate surface area is 104 Å². The Kier molecular flexibility index (Phi) is 2.93. The second kappa shape index (κ2) is 4.73. The number of rotatable bonds is 2. The molecule has 3 rings (SSSR count). The van der Waals surface area contributed by atoms with E-state index >= 15 is 0 Å². The minimum Gasteiger partial charge on any atom is -0.381 e. The second-order valence-electron chi connectivity index (χ2n) is 4.35. The zero-order valence-electron chi connectivity index (χ0n) is 9.87. The summed E-state index contributed by atoms with van der Waals surface area (Å²) in [5, 5.41) is 6.96. The highest BCUT2D eigenvalue weighted by Gasteiger charge is 2.21. The third kappa shape index (κ3) is 2.19. The zero-order chi connectivity index (χ0) is 12.4. The Hall–Kier alpha value is -1.95. The third-order valence-corrected chi connectivity index (χ3v) is 3.11. The average molecular weight is 246 g/mol. The van der Waals surface area contributed by atoms with Crippen LogP contribution >= 0.6 is 0 Å². The molecule has 1 amide bonds. The highest BCUT2D eigenvalue weighted by Crippen LogP contribution is 2.17. The van der Waals surface area contributed by atoms with E-state index in [9.17, 15) is 4.79 Å². The van der Waals surface area contributed by atoms with Crippen LogP contribution in [0.15, 0.2) is 24.7 Å². The Morgan fingerprint density at radius 2 is 2.28 bits per heavy atom. The number of carbonyl (C=O) groups is 1. The van der Waals surface area contributed by atoms with Crippen molar-refractivity contribution in [2.75, 3.05) is 18.5 Å². The number of nitrogens with zero attached hydrogens (tertiary/aromatic N) is 3. The summed E-state index contributed by atoms with van der Waals surface area (Å²) in [6, 6.07) is 1.81. The van der Waals surface area contributed by atoms with Gasteiger partial charge in [-0.15, -0.1) is 0 Å². The Morgan fingerprint density at radius 3 is 3.11 bits per heavy atom. The molecule has 1 N–H and O–H groups in total. The summed E-state index contributed by atoms with van der Waals surface area (Å²) >= 11 is 0. The van der Waals surface area contributed by atoms with Crippen LogP contribution in [0.1, 0.15) is 12.8 Å². The third-order valence-electron chi connectivity index (χ3n) is 3.11. The molecule has 0 unspecified atom stereocenters. The van der Waals surface area contributed by atoms with Crippen molar-refractivity contribution in [1.82, 2.24) is 14.6 Å². The SMILES string of the molecule is O=C(Nc1cnc2ccnn2c1)C1CCOCC1. The lowest BCUT2D eigenvalue weighted by molar-refractivity contribution is -0.122. The molecule has 3 heterocycles. The van der Waals surface area contributed by atoms with Gasteiger partial charge in [0.15, 0.2) is 5.65 Å². The fraction of sp³-hybridized carbons (Fsp3) is 0.417. The number of fused-ring (bicyclic) bond motifs is 1. The molecule has 0 aromatic carbocycles.